The third-order valence-electron chi connectivity index (χ3n) is 9.23. The molecule has 0 radical (unpaired) electrons. The van der Waals surface area contributed by atoms with E-state index in [4.69, 9.17) is 4.74 Å². The number of aliphatic hydroxyl groups excluding tert-OH is 1. The van der Waals surface area contributed by atoms with E-state index in [1.807, 2.05) is 13.0 Å². The minimum atomic E-state index is -4.49. The number of rotatable bonds is 6. The molecule has 1 amide bonds. The summed E-state index contributed by atoms with van der Waals surface area (Å²) in [4.78, 5) is 29.3. The molecule has 1 unspecified atom stereocenters. The molecule has 0 aromatic heterocycles. The lowest BCUT2D eigenvalue weighted by molar-refractivity contribution is -0.151. The smallest absolute Gasteiger partial charge is 0.416 e. The Labute approximate surface area is 231 Å². The first-order valence-corrected chi connectivity index (χ1v) is 13.8. The molecule has 1 saturated heterocycles. The van der Waals surface area contributed by atoms with Crippen LogP contribution in [0.1, 0.15) is 72.0 Å². The van der Waals surface area contributed by atoms with Crippen LogP contribution in [0.5, 0.6) is 5.75 Å². The Balaban J connectivity index is 1.27. The summed E-state index contributed by atoms with van der Waals surface area (Å²) in [6.07, 6.45) is -0.774. The van der Waals surface area contributed by atoms with E-state index in [-0.39, 0.29) is 49.2 Å². The van der Waals surface area contributed by atoms with Crippen molar-refractivity contribution >= 4 is 11.9 Å². The molecule has 2 aromatic carbocycles. The van der Waals surface area contributed by atoms with Crippen molar-refractivity contribution in [3.05, 3.63) is 64.7 Å². The quantitative estimate of drug-likeness (QED) is 0.509. The van der Waals surface area contributed by atoms with Gasteiger partial charge >= 0.3 is 12.1 Å². The van der Waals surface area contributed by atoms with Gasteiger partial charge in [0.15, 0.2) is 6.73 Å². The number of halogens is 3. The highest BCUT2D eigenvalue weighted by molar-refractivity contribution is 5.87. The maximum atomic E-state index is 14.0. The van der Waals surface area contributed by atoms with Gasteiger partial charge in [-0.25, -0.2) is 4.79 Å². The number of aliphatic hydroxyl groups is 1. The van der Waals surface area contributed by atoms with Crippen molar-refractivity contribution in [2.24, 2.45) is 11.3 Å². The molecule has 10 heteroatoms. The first-order chi connectivity index (χ1) is 19.0. The van der Waals surface area contributed by atoms with E-state index in [9.17, 15) is 33.0 Å². The van der Waals surface area contributed by atoms with Crippen LogP contribution in [-0.4, -0.2) is 64.4 Å². The normalized spacial score (nSPS) is 24.8. The molecule has 0 spiro atoms. The van der Waals surface area contributed by atoms with Gasteiger partial charge in [0.1, 0.15) is 5.75 Å². The molecule has 7 nitrogen and oxygen atoms in total. The molecule has 2 N–H and O–H groups in total. The second-order valence-electron chi connectivity index (χ2n) is 11.5. The van der Waals surface area contributed by atoms with Gasteiger partial charge < -0.3 is 24.7 Å². The van der Waals surface area contributed by atoms with Crippen LogP contribution in [0.4, 0.5) is 13.2 Å². The number of likely N-dealkylation sites (tertiary alicyclic amines) is 1. The van der Waals surface area contributed by atoms with Gasteiger partial charge in [-0.3, -0.25) is 4.79 Å². The lowest BCUT2D eigenvalue weighted by Crippen LogP contribution is -2.50. The van der Waals surface area contributed by atoms with Crippen molar-refractivity contribution in [2.45, 2.75) is 63.7 Å². The van der Waals surface area contributed by atoms with Crippen LogP contribution in [0.3, 0.4) is 0 Å². The summed E-state index contributed by atoms with van der Waals surface area (Å²) in [6, 6.07) is 10.6. The standard InChI is InChI=1S/C30H35F3N2O5/c1-19(17-36)29(28(39)35-16-23-14-24(30(31,32)33)5-6-26(23)40-18-35)10-7-25(15-29)34-11-8-20(9-12-34)21-3-2-4-22(13-21)27(37)38/h2-6,13-14,19-20,25,36H,7-12,15-18H2,1H3,(H,37,38)/t19?,25-,29+/m1/s1. The molecule has 5 rings (SSSR count). The Morgan fingerprint density at radius 2 is 1.88 bits per heavy atom. The number of carboxylic acids is 1. The summed E-state index contributed by atoms with van der Waals surface area (Å²) < 4.78 is 45.5. The molecular formula is C30H35F3N2O5. The average Bonchev–Trinajstić information content (AvgIpc) is 3.42. The highest BCUT2D eigenvalue weighted by atomic mass is 19.4. The summed E-state index contributed by atoms with van der Waals surface area (Å²) in [7, 11) is 0. The third kappa shape index (κ3) is 5.43. The number of fused-ring (bicyclic) bond motifs is 1. The monoisotopic (exact) mass is 560 g/mol. The van der Waals surface area contributed by atoms with E-state index >= 15 is 0 Å². The van der Waals surface area contributed by atoms with E-state index in [2.05, 4.69) is 4.90 Å². The van der Waals surface area contributed by atoms with Crippen LogP contribution < -0.4 is 4.74 Å². The van der Waals surface area contributed by atoms with Crippen molar-refractivity contribution in [1.29, 1.82) is 0 Å². The number of piperidine rings is 1. The van der Waals surface area contributed by atoms with Crippen LogP contribution in [0, 0.1) is 11.3 Å². The summed E-state index contributed by atoms with van der Waals surface area (Å²) in [6.45, 7) is 3.34. The Kier molecular flexibility index (Phi) is 7.85. The van der Waals surface area contributed by atoms with Gasteiger partial charge in [-0.2, -0.15) is 13.2 Å². The molecule has 2 heterocycles. The average molecular weight is 561 g/mol. The predicted octanol–water partition coefficient (Wildman–Crippen LogP) is 5.13. The van der Waals surface area contributed by atoms with Crippen LogP contribution >= 0.6 is 0 Å². The molecule has 216 valence electrons. The Morgan fingerprint density at radius 1 is 1.12 bits per heavy atom. The highest BCUT2D eigenvalue weighted by Crippen LogP contribution is 2.49. The van der Waals surface area contributed by atoms with E-state index in [0.29, 0.717) is 24.2 Å². The maximum absolute atomic E-state index is 14.0. The van der Waals surface area contributed by atoms with Gasteiger partial charge in [0.25, 0.3) is 0 Å². The number of nitrogens with zero attached hydrogens (tertiary/aromatic N) is 2. The number of aromatic carboxylic acids is 1. The van der Waals surface area contributed by atoms with Crippen LogP contribution in [-0.2, 0) is 17.5 Å². The van der Waals surface area contributed by atoms with Gasteiger partial charge in [0.05, 0.1) is 23.1 Å². The minimum absolute atomic E-state index is 0.0312. The Hall–Kier alpha value is -3.11. The highest BCUT2D eigenvalue weighted by Gasteiger charge is 2.52. The van der Waals surface area contributed by atoms with E-state index in [0.717, 1.165) is 50.0 Å². The van der Waals surface area contributed by atoms with Gasteiger partial charge in [-0.15, -0.1) is 0 Å². The number of carbonyl (C=O) groups excluding carboxylic acids is 1. The van der Waals surface area contributed by atoms with Crippen molar-refractivity contribution < 1.29 is 37.7 Å². The SMILES string of the molecule is CC(CO)[C@]1(C(=O)N2COc3ccc(C(F)(F)F)cc3C2)CC[C@@H](N2CCC(c3cccc(C(=O)O)c3)CC2)C1. The van der Waals surface area contributed by atoms with Crippen molar-refractivity contribution in [3.63, 3.8) is 0 Å². The number of carboxylic acid groups (broad SMARTS) is 1. The molecule has 1 aliphatic carbocycles. The van der Waals surface area contributed by atoms with Crippen LogP contribution in [0.15, 0.2) is 42.5 Å². The third-order valence-corrected chi connectivity index (χ3v) is 9.23. The molecule has 1 saturated carbocycles. The topological polar surface area (TPSA) is 90.3 Å². The number of hydrogen-bond acceptors (Lipinski definition) is 5. The fourth-order valence-electron chi connectivity index (χ4n) is 6.78. The lowest BCUT2D eigenvalue weighted by Gasteiger charge is -2.41. The molecule has 0 bridgehead atoms. The van der Waals surface area contributed by atoms with E-state index in [1.54, 1.807) is 18.2 Å². The summed E-state index contributed by atoms with van der Waals surface area (Å²) in [5.74, 6) is -0.814. The van der Waals surface area contributed by atoms with Crippen LogP contribution in [0.2, 0.25) is 0 Å². The number of alkyl halides is 3. The number of hydrogen-bond donors (Lipinski definition) is 2. The molecule has 3 aliphatic rings. The summed E-state index contributed by atoms with van der Waals surface area (Å²) in [5.41, 5.74) is 0.0417. The largest absolute Gasteiger partial charge is 0.478 e. The Morgan fingerprint density at radius 3 is 2.55 bits per heavy atom. The van der Waals surface area contributed by atoms with E-state index < -0.39 is 23.1 Å². The summed E-state index contributed by atoms with van der Waals surface area (Å²) >= 11 is 0. The molecule has 40 heavy (non-hydrogen) atoms. The van der Waals surface area contributed by atoms with Gasteiger partial charge in [-0.05, 0) is 92.9 Å². The van der Waals surface area contributed by atoms with Crippen LogP contribution in [0.25, 0.3) is 0 Å². The first-order valence-electron chi connectivity index (χ1n) is 13.8. The zero-order chi connectivity index (χ0) is 28.7. The fourth-order valence-corrected chi connectivity index (χ4v) is 6.78. The second-order valence-corrected chi connectivity index (χ2v) is 11.5. The van der Waals surface area contributed by atoms with Gasteiger partial charge in [-0.1, -0.05) is 19.1 Å². The summed E-state index contributed by atoms with van der Waals surface area (Å²) in [5, 5.41) is 19.5. The predicted molar refractivity (Wildman–Crippen MR) is 141 cm³/mol. The second kappa shape index (κ2) is 11.0. The number of amides is 1. The zero-order valence-corrected chi connectivity index (χ0v) is 22.5. The molecule has 2 aliphatic heterocycles. The van der Waals surface area contributed by atoms with E-state index in [1.165, 1.54) is 11.0 Å². The van der Waals surface area contributed by atoms with Gasteiger partial charge in [0.2, 0.25) is 5.91 Å². The molecular weight excluding hydrogens is 525 g/mol. The zero-order valence-electron chi connectivity index (χ0n) is 22.5. The number of carbonyl (C=O) groups is 2. The minimum Gasteiger partial charge on any atom is -0.478 e. The van der Waals surface area contributed by atoms with Gasteiger partial charge in [0, 0.05) is 18.2 Å². The number of benzene rings is 2. The molecule has 3 atom stereocenters. The van der Waals surface area contributed by atoms with Crippen molar-refractivity contribution in [3.8, 4) is 5.75 Å². The fraction of sp³-hybridized carbons (Fsp3) is 0.533. The van der Waals surface area contributed by atoms with Crippen molar-refractivity contribution in [1.82, 2.24) is 9.80 Å². The maximum Gasteiger partial charge on any atom is 0.416 e. The Bertz CT molecular complexity index is 1260. The molecule has 2 aromatic rings. The number of ether oxygens (including phenoxy) is 1. The van der Waals surface area contributed by atoms with Crippen molar-refractivity contribution in [2.75, 3.05) is 26.4 Å². The lowest BCUT2D eigenvalue weighted by atomic mass is 9.73. The molecule has 2 fully saturated rings. The first kappa shape index (κ1) is 28.4.